The van der Waals surface area contributed by atoms with Gasteiger partial charge in [0.1, 0.15) is 5.69 Å². The van der Waals surface area contributed by atoms with Gasteiger partial charge < -0.3 is 10.2 Å². The van der Waals surface area contributed by atoms with Crippen molar-refractivity contribution in [2.45, 2.75) is 12.6 Å². The normalized spacial score (nSPS) is 13.1. The summed E-state index contributed by atoms with van der Waals surface area (Å²) >= 11 is 3.56. The summed E-state index contributed by atoms with van der Waals surface area (Å²) in [4.78, 5) is 2.13. The lowest BCUT2D eigenvalue weighted by atomic mass is 10.1. The van der Waals surface area contributed by atoms with E-state index in [9.17, 15) is 0 Å². The highest BCUT2D eigenvalue weighted by Crippen LogP contribution is 2.26. The molecule has 0 spiro atoms. The number of H-pyrrole nitrogens is 1. The van der Waals surface area contributed by atoms with Crippen molar-refractivity contribution in [1.29, 1.82) is 0 Å². The Morgan fingerprint density at radius 3 is 2.84 bits per heavy atom. The first kappa shape index (κ1) is 14.2. The number of aromatic amines is 1. The first-order valence-electron chi connectivity index (χ1n) is 6.02. The van der Waals surface area contributed by atoms with Gasteiger partial charge in [0.25, 0.3) is 0 Å². The standard InChI is InChI=1S/C11H18BrN7/c1-13-10(9-7-14-17-16-9)11-8(12)6-15-19(11)5-4-18(2)3/h6-7,10,13H,4-5H2,1-3H3,(H,14,16,17). The number of nitrogens with zero attached hydrogens (tertiary/aromatic N) is 5. The van der Waals surface area contributed by atoms with Crippen LogP contribution in [0.15, 0.2) is 16.9 Å². The zero-order chi connectivity index (χ0) is 13.8. The lowest BCUT2D eigenvalue weighted by molar-refractivity contribution is 0.366. The second kappa shape index (κ2) is 6.27. The molecule has 0 aromatic carbocycles. The number of aromatic nitrogens is 5. The average Bonchev–Trinajstić information content (AvgIpc) is 3.00. The van der Waals surface area contributed by atoms with Crippen molar-refractivity contribution in [1.82, 2.24) is 35.4 Å². The third kappa shape index (κ3) is 3.20. The van der Waals surface area contributed by atoms with Crippen LogP contribution in [-0.4, -0.2) is 57.8 Å². The summed E-state index contributed by atoms with van der Waals surface area (Å²) in [7, 11) is 5.99. The Labute approximate surface area is 120 Å². The van der Waals surface area contributed by atoms with E-state index in [1.54, 1.807) is 6.20 Å². The summed E-state index contributed by atoms with van der Waals surface area (Å²) in [5.41, 5.74) is 1.90. The molecule has 0 radical (unpaired) electrons. The summed E-state index contributed by atoms with van der Waals surface area (Å²) in [5, 5.41) is 18.3. The zero-order valence-electron chi connectivity index (χ0n) is 11.3. The predicted octanol–water partition coefficient (Wildman–Crippen LogP) is 0.634. The second-order valence-corrected chi connectivity index (χ2v) is 5.38. The van der Waals surface area contributed by atoms with Crippen LogP contribution in [0.4, 0.5) is 0 Å². The van der Waals surface area contributed by atoms with E-state index >= 15 is 0 Å². The zero-order valence-corrected chi connectivity index (χ0v) is 12.8. The largest absolute Gasteiger partial charge is 0.308 e. The smallest absolute Gasteiger partial charge is 0.105 e. The fourth-order valence-electron chi connectivity index (χ4n) is 1.91. The predicted molar refractivity (Wildman–Crippen MR) is 75.8 cm³/mol. The molecule has 1 atom stereocenters. The maximum atomic E-state index is 4.41. The van der Waals surface area contributed by atoms with Gasteiger partial charge in [0.05, 0.1) is 35.1 Å². The highest BCUT2D eigenvalue weighted by molar-refractivity contribution is 9.10. The van der Waals surface area contributed by atoms with E-state index in [0.29, 0.717) is 0 Å². The molecule has 2 heterocycles. The lowest BCUT2D eigenvalue weighted by Crippen LogP contribution is -2.25. The van der Waals surface area contributed by atoms with Crippen molar-refractivity contribution in [2.75, 3.05) is 27.7 Å². The van der Waals surface area contributed by atoms with Crippen LogP contribution in [-0.2, 0) is 6.54 Å². The van der Waals surface area contributed by atoms with Gasteiger partial charge in [-0.3, -0.25) is 4.68 Å². The number of halogens is 1. The van der Waals surface area contributed by atoms with Crippen LogP contribution in [0, 0.1) is 0 Å². The molecule has 2 aromatic heterocycles. The Morgan fingerprint density at radius 1 is 1.47 bits per heavy atom. The first-order valence-corrected chi connectivity index (χ1v) is 6.81. The molecule has 2 N–H and O–H groups in total. The Kier molecular flexibility index (Phi) is 4.67. The minimum absolute atomic E-state index is 0.0437. The SMILES string of the molecule is CNC(c1cn[nH]n1)c1c(Br)cnn1CCN(C)C. The third-order valence-corrected chi connectivity index (χ3v) is 3.49. The highest BCUT2D eigenvalue weighted by Gasteiger charge is 2.22. The van der Waals surface area contributed by atoms with Crippen molar-refractivity contribution in [3.05, 3.63) is 28.3 Å². The van der Waals surface area contributed by atoms with Gasteiger partial charge in [-0.05, 0) is 37.1 Å². The Morgan fingerprint density at radius 2 is 2.26 bits per heavy atom. The van der Waals surface area contributed by atoms with Crippen LogP contribution in [0.25, 0.3) is 0 Å². The quantitative estimate of drug-likeness (QED) is 0.814. The lowest BCUT2D eigenvalue weighted by Gasteiger charge is -2.18. The van der Waals surface area contributed by atoms with Crippen molar-refractivity contribution in [2.24, 2.45) is 0 Å². The Balaban J connectivity index is 2.29. The molecule has 0 saturated carbocycles. The minimum Gasteiger partial charge on any atom is -0.308 e. The van der Waals surface area contributed by atoms with Gasteiger partial charge in [-0.1, -0.05) is 0 Å². The van der Waals surface area contributed by atoms with Crippen molar-refractivity contribution < 1.29 is 0 Å². The first-order chi connectivity index (χ1) is 9.13. The van der Waals surface area contributed by atoms with E-state index in [-0.39, 0.29) is 6.04 Å². The number of hydrogen-bond donors (Lipinski definition) is 2. The van der Waals surface area contributed by atoms with Gasteiger partial charge in [-0.2, -0.15) is 20.5 Å². The molecule has 0 amide bonds. The molecule has 1 unspecified atom stereocenters. The van der Waals surface area contributed by atoms with E-state index in [2.05, 4.69) is 46.7 Å². The van der Waals surface area contributed by atoms with E-state index < -0.39 is 0 Å². The van der Waals surface area contributed by atoms with Gasteiger partial charge >= 0.3 is 0 Å². The second-order valence-electron chi connectivity index (χ2n) is 4.52. The maximum Gasteiger partial charge on any atom is 0.105 e. The van der Waals surface area contributed by atoms with Gasteiger partial charge in [0.2, 0.25) is 0 Å². The van der Waals surface area contributed by atoms with Gasteiger partial charge in [0.15, 0.2) is 0 Å². The molecule has 0 bridgehead atoms. The topological polar surface area (TPSA) is 74.7 Å². The number of rotatable bonds is 6. The van der Waals surface area contributed by atoms with Crippen LogP contribution in [0.1, 0.15) is 17.4 Å². The van der Waals surface area contributed by atoms with Crippen LogP contribution >= 0.6 is 15.9 Å². The maximum absolute atomic E-state index is 4.41. The molecule has 7 nitrogen and oxygen atoms in total. The average molecular weight is 328 g/mol. The molecule has 104 valence electrons. The summed E-state index contributed by atoms with van der Waals surface area (Å²) in [6.45, 7) is 1.75. The van der Waals surface area contributed by atoms with Gasteiger partial charge in [-0.25, -0.2) is 0 Å². The van der Waals surface area contributed by atoms with Crippen molar-refractivity contribution in [3.8, 4) is 0 Å². The van der Waals surface area contributed by atoms with Crippen LogP contribution in [0.5, 0.6) is 0 Å². The van der Waals surface area contributed by atoms with E-state index in [1.807, 2.05) is 32.0 Å². The summed E-state index contributed by atoms with van der Waals surface area (Å²) in [6, 6.07) is -0.0437. The minimum atomic E-state index is -0.0437. The number of hydrogen-bond acceptors (Lipinski definition) is 5. The molecular formula is C11H18BrN7. The molecule has 0 aliphatic carbocycles. The van der Waals surface area contributed by atoms with E-state index in [1.165, 1.54) is 0 Å². The molecular weight excluding hydrogens is 310 g/mol. The fourth-order valence-corrected chi connectivity index (χ4v) is 2.43. The Bertz CT molecular complexity index is 505. The van der Waals surface area contributed by atoms with Gasteiger partial charge in [-0.15, -0.1) is 0 Å². The van der Waals surface area contributed by atoms with Crippen LogP contribution < -0.4 is 5.32 Å². The number of nitrogens with one attached hydrogen (secondary N) is 2. The van der Waals surface area contributed by atoms with Gasteiger partial charge in [0, 0.05) is 6.54 Å². The van der Waals surface area contributed by atoms with Crippen molar-refractivity contribution in [3.63, 3.8) is 0 Å². The molecule has 2 rings (SSSR count). The Hall–Kier alpha value is -1.25. The van der Waals surface area contributed by atoms with Crippen molar-refractivity contribution >= 4 is 15.9 Å². The fraction of sp³-hybridized carbons (Fsp3) is 0.545. The van der Waals surface area contributed by atoms with E-state index in [0.717, 1.165) is 29.0 Å². The number of likely N-dealkylation sites (N-methyl/N-ethyl adjacent to an activating group) is 1. The molecule has 8 heteroatoms. The monoisotopic (exact) mass is 327 g/mol. The molecule has 2 aromatic rings. The van der Waals surface area contributed by atoms with E-state index in [4.69, 9.17) is 0 Å². The molecule has 0 aliphatic heterocycles. The third-order valence-electron chi connectivity index (χ3n) is 2.88. The molecule has 19 heavy (non-hydrogen) atoms. The summed E-state index contributed by atoms with van der Waals surface area (Å²) in [6.07, 6.45) is 3.53. The van der Waals surface area contributed by atoms with Crippen LogP contribution in [0.2, 0.25) is 0 Å². The molecule has 0 fully saturated rings. The summed E-state index contributed by atoms with van der Waals surface area (Å²) in [5.74, 6) is 0. The molecule has 0 saturated heterocycles. The molecule has 0 aliphatic rings. The summed E-state index contributed by atoms with van der Waals surface area (Å²) < 4.78 is 2.95. The highest BCUT2D eigenvalue weighted by atomic mass is 79.9. The van der Waals surface area contributed by atoms with Crippen LogP contribution in [0.3, 0.4) is 0 Å².